The Morgan fingerprint density at radius 3 is 2.52 bits per heavy atom. The standard InChI is InChI=1S/C18H19NO5S/c1-3-24-15-6-8-16(9-7-15)25(21,22)19-11-10-13-4-5-14(12-17(13)19)18(20)23-2/h4-9,12H,3,10-11H2,1-2H3. The minimum atomic E-state index is -3.71. The molecule has 132 valence electrons. The zero-order valence-electron chi connectivity index (χ0n) is 14.1. The zero-order valence-corrected chi connectivity index (χ0v) is 14.9. The maximum Gasteiger partial charge on any atom is 0.337 e. The Labute approximate surface area is 147 Å². The van der Waals surface area contributed by atoms with Gasteiger partial charge >= 0.3 is 5.97 Å². The molecule has 0 bridgehead atoms. The summed E-state index contributed by atoms with van der Waals surface area (Å²) in [5.41, 5.74) is 1.74. The van der Waals surface area contributed by atoms with Gasteiger partial charge in [-0.3, -0.25) is 4.31 Å². The average Bonchev–Trinajstić information content (AvgIpc) is 3.05. The first kappa shape index (κ1) is 17.3. The van der Waals surface area contributed by atoms with E-state index in [0.29, 0.717) is 36.6 Å². The van der Waals surface area contributed by atoms with Gasteiger partial charge < -0.3 is 9.47 Å². The summed E-state index contributed by atoms with van der Waals surface area (Å²) in [5, 5.41) is 0. The van der Waals surface area contributed by atoms with Crippen LogP contribution in [-0.2, 0) is 21.2 Å². The molecule has 2 aromatic carbocycles. The molecule has 0 spiro atoms. The molecule has 0 saturated heterocycles. The van der Waals surface area contributed by atoms with Crippen molar-refractivity contribution in [3.05, 3.63) is 53.6 Å². The molecular formula is C18H19NO5S. The number of hydrogen-bond acceptors (Lipinski definition) is 5. The molecule has 7 heteroatoms. The molecule has 0 saturated carbocycles. The zero-order chi connectivity index (χ0) is 18.0. The van der Waals surface area contributed by atoms with Crippen LogP contribution in [0.25, 0.3) is 0 Å². The molecule has 2 aromatic rings. The van der Waals surface area contributed by atoms with E-state index < -0.39 is 16.0 Å². The van der Waals surface area contributed by atoms with Crippen molar-refractivity contribution in [1.29, 1.82) is 0 Å². The number of carbonyl (C=O) groups excluding carboxylic acids is 1. The quantitative estimate of drug-likeness (QED) is 0.766. The Morgan fingerprint density at radius 1 is 1.16 bits per heavy atom. The van der Waals surface area contributed by atoms with Crippen LogP contribution in [0.2, 0.25) is 0 Å². The number of hydrogen-bond donors (Lipinski definition) is 0. The van der Waals surface area contributed by atoms with Crippen molar-refractivity contribution in [2.24, 2.45) is 0 Å². The summed E-state index contributed by atoms with van der Waals surface area (Å²) in [6, 6.07) is 11.3. The predicted molar refractivity (Wildman–Crippen MR) is 93.6 cm³/mol. The highest BCUT2D eigenvalue weighted by atomic mass is 32.2. The minimum Gasteiger partial charge on any atom is -0.494 e. The van der Waals surface area contributed by atoms with Crippen LogP contribution < -0.4 is 9.04 Å². The van der Waals surface area contributed by atoms with Crippen LogP contribution in [0.1, 0.15) is 22.8 Å². The van der Waals surface area contributed by atoms with Crippen LogP contribution >= 0.6 is 0 Å². The maximum absolute atomic E-state index is 13.0. The van der Waals surface area contributed by atoms with Gasteiger partial charge in [0.15, 0.2) is 0 Å². The number of anilines is 1. The van der Waals surface area contributed by atoms with Crippen molar-refractivity contribution in [3.8, 4) is 5.75 Å². The molecule has 0 aliphatic carbocycles. The molecule has 1 heterocycles. The van der Waals surface area contributed by atoms with Crippen LogP contribution in [0.5, 0.6) is 5.75 Å². The Kier molecular flexibility index (Phi) is 4.67. The fourth-order valence-corrected chi connectivity index (χ4v) is 4.34. The van der Waals surface area contributed by atoms with Gasteiger partial charge in [-0.25, -0.2) is 13.2 Å². The van der Waals surface area contributed by atoms with Crippen molar-refractivity contribution in [3.63, 3.8) is 0 Å². The molecule has 1 aliphatic heterocycles. The molecule has 0 aromatic heterocycles. The molecule has 1 aliphatic rings. The lowest BCUT2D eigenvalue weighted by atomic mass is 10.1. The van der Waals surface area contributed by atoms with Crippen molar-refractivity contribution in [2.45, 2.75) is 18.2 Å². The Hall–Kier alpha value is -2.54. The topological polar surface area (TPSA) is 72.9 Å². The number of esters is 1. The number of carbonyl (C=O) groups is 1. The summed E-state index contributed by atoms with van der Waals surface area (Å²) in [5.74, 6) is 0.129. The highest BCUT2D eigenvalue weighted by Crippen LogP contribution is 2.34. The van der Waals surface area contributed by atoms with E-state index in [1.807, 2.05) is 6.92 Å². The van der Waals surface area contributed by atoms with Crippen LogP contribution in [0.4, 0.5) is 5.69 Å². The van der Waals surface area contributed by atoms with Crippen molar-refractivity contribution in [2.75, 3.05) is 24.6 Å². The third kappa shape index (κ3) is 3.19. The van der Waals surface area contributed by atoms with Gasteiger partial charge in [0.05, 0.1) is 29.9 Å². The Bertz CT molecular complexity index is 890. The van der Waals surface area contributed by atoms with Gasteiger partial charge in [-0.15, -0.1) is 0 Å². The molecule has 25 heavy (non-hydrogen) atoms. The van der Waals surface area contributed by atoms with Gasteiger partial charge in [-0.1, -0.05) is 6.07 Å². The number of fused-ring (bicyclic) bond motifs is 1. The fraction of sp³-hybridized carbons (Fsp3) is 0.278. The van der Waals surface area contributed by atoms with E-state index in [2.05, 4.69) is 0 Å². The summed E-state index contributed by atoms with van der Waals surface area (Å²) in [6.45, 7) is 2.72. The first-order valence-corrected chi connectivity index (χ1v) is 9.38. The van der Waals surface area contributed by atoms with Gasteiger partial charge in [0.2, 0.25) is 0 Å². The maximum atomic E-state index is 13.0. The van der Waals surface area contributed by atoms with Crippen LogP contribution in [0, 0.1) is 0 Å². The average molecular weight is 361 g/mol. The first-order valence-electron chi connectivity index (χ1n) is 7.94. The van der Waals surface area contributed by atoms with Crippen molar-refractivity contribution >= 4 is 21.7 Å². The predicted octanol–water partition coefficient (Wildman–Crippen LogP) is 2.62. The third-order valence-corrected chi connectivity index (χ3v) is 5.91. The molecule has 0 fully saturated rings. The number of nitrogens with zero attached hydrogens (tertiary/aromatic N) is 1. The number of methoxy groups -OCH3 is 1. The Morgan fingerprint density at radius 2 is 1.88 bits per heavy atom. The van der Waals surface area contributed by atoms with E-state index in [-0.39, 0.29) is 4.90 Å². The second kappa shape index (κ2) is 6.76. The van der Waals surface area contributed by atoms with Crippen molar-refractivity contribution < 1.29 is 22.7 Å². The monoisotopic (exact) mass is 361 g/mol. The normalized spacial score (nSPS) is 13.4. The van der Waals surface area contributed by atoms with E-state index in [4.69, 9.17) is 9.47 Å². The van der Waals surface area contributed by atoms with Crippen LogP contribution in [0.15, 0.2) is 47.4 Å². The van der Waals surface area contributed by atoms with Gasteiger partial charge in [0.1, 0.15) is 5.75 Å². The lowest BCUT2D eigenvalue weighted by molar-refractivity contribution is 0.0600. The van der Waals surface area contributed by atoms with Gasteiger partial charge in [-0.05, 0) is 55.3 Å². The summed E-state index contributed by atoms with van der Waals surface area (Å²) in [4.78, 5) is 11.9. The van der Waals surface area contributed by atoms with Gasteiger partial charge in [0, 0.05) is 6.54 Å². The molecule has 3 rings (SSSR count). The lowest BCUT2D eigenvalue weighted by Crippen LogP contribution is -2.29. The van der Waals surface area contributed by atoms with E-state index in [1.165, 1.54) is 23.5 Å². The summed E-state index contributed by atoms with van der Waals surface area (Å²) in [6.07, 6.45) is 0.604. The summed E-state index contributed by atoms with van der Waals surface area (Å²) in [7, 11) is -2.41. The second-order valence-corrected chi connectivity index (χ2v) is 7.43. The number of sulfonamides is 1. The molecule has 0 amide bonds. The molecule has 0 unspecified atom stereocenters. The smallest absolute Gasteiger partial charge is 0.337 e. The number of benzene rings is 2. The lowest BCUT2D eigenvalue weighted by Gasteiger charge is -2.20. The fourth-order valence-electron chi connectivity index (χ4n) is 2.85. The van der Waals surface area contributed by atoms with E-state index in [9.17, 15) is 13.2 Å². The highest BCUT2D eigenvalue weighted by molar-refractivity contribution is 7.92. The van der Waals surface area contributed by atoms with E-state index >= 15 is 0 Å². The largest absolute Gasteiger partial charge is 0.494 e. The van der Waals surface area contributed by atoms with E-state index in [1.54, 1.807) is 30.3 Å². The van der Waals surface area contributed by atoms with Gasteiger partial charge in [-0.2, -0.15) is 0 Å². The molecule has 0 atom stereocenters. The van der Waals surface area contributed by atoms with E-state index in [0.717, 1.165) is 5.56 Å². The molecule has 0 radical (unpaired) electrons. The molecular weight excluding hydrogens is 342 g/mol. The number of rotatable bonds is 5. The summed E-state index contributed by atoms with van der Waals surface area (Å²) >= 11 is 0. The SMILES string of the molecule is CCOc1ccc(S(=O)(=O)N2CCc3ccc(C(=O)OC)cc32)cc1. The Balaban J connectivity index is 1.96. The first-order chi connectivity index (χ1) is 12.0. The van der Waals surface area contributed by atoms with Crippen LogP contribution in [0.3, 0.4) is 0 Å². The summed E-state index contributed by atoms with van der Waals surface area (Å²) < 4.78 is 37.4. The molecule has 6 nitrogen and oxygen atoms in total. The van der Waals surface area contributed by atoms with Gasteiger partial charge in [0.25, 0.3) is 10.0 Å². The molecule has 0 N–H and O–H groups in total. The van der Waals surface area contributed by atoms with Crippen molar-refractivity contribution in [1.82, 2.24) is 0 Å². The third-order valence-electron chi connectivity index (χ3n) is 4.08. The van der Waals surface area contributed by atoms with Crippen LogP contribution in [-0.4, -0.2) is 34.6 Å². The highest BCUT2D eigenvalue weighted by Gasteiger charge is 2.31. The number of ether oxygens (including phenoxy) is 2. The minimum absolute atomic E-state index is 0.187. The second-order valence-electron chi connectivity index (χ2n) is 5.57.